The molecule has 1 aromatic carbocycles. The average Bonchev–Trinajstić information content (AvgIpc) is 2.76. The number of aliphatic hydroxyl groups excluding tert-OH is 1. The summed E-state index contributed by atoms with van der Waals surface area (Å²) in [4.78, 5) is 33.4. The number of amides is 2. The highest BCUT2D eigenvalue weighted by Gasteiger charge is 2.55. The maximum atomic E-state index is 12.6. The van der Waals surface area contributed by atoms with E-state index in [9.17, 15) is 14.7 Å². The predicted molar refractivity (Wildman–Crippen MR) is 119 cm³/mol. The molecule has 3 aliphatic rings. The second-order valence-electron chi connectivity index (χ2n) is 8.57. The highest BCUT2D eigenvalue weighted by molar-refractivity contribution is 6.42. The molecule has 2 aromatic rings. The number of carbonyl (C=O) groups excluding carboxylic acids is 2. The number of halogens is 2. The van der Waals surface area contributed by atoms with Crippen molar-refractivity contribution in [3.63, 3.8) is 0 Å². The molecule has 1 aromatic heterocycles. The maximum Gasteiger partial charge on any atom is 0.271 e. The topological polar surface area (TPSA) is 113 Å². The van der Waals surface area contributed by atoms with Crippen LogP contribution in [0, 0.1) is 6.92 Å². The van der Waals surface area contributed by atoms with Crippen LogP contribution in [0.15, 0.2) is 30.6 Å². The van der Waals surface area contributed by atoms with E-state index in [1.54, 1.807) is 31.3 Å². The average molecular weight is 479 g/mol. The highest BCUT2D eigenvalue weighted by Crippen LogP contribution is 2.47. The van der Waals surface area contributed by atoms with Gasteiger partial charge in [0, 0.05) is 17.8 Å². The molecule has 3 saturated carbocycles. The van der Waals surface area contributed by atoms with Gasteiger partial charge in [0.2, 0.25) is 0 Å². The minimum Gasteiger partial charge on any atom is -0.484 e. The number of nitrogens with zero attached hydrogens (tertiary/aromatic N) is 2. The van der Waals surface area contributed by atoms with Crippen molar-refractivity contribution in [1.29, 1.82) is 0 Å². The molecule has 1 heterocycles. The molecule has 0 radical (unpaired) electrons. The van der Waals surface area contributed by atoms with Crippen LogP contribution >= 0.6 is 23.2 Å². The number of rotatable bonds is 6. The van der Waals surface area contributed by atoms with E-state index >= 15 is 0 Å². The number of fused-ring (bicyclic) bond motifs is 3. The van der Waals surface area contributed by atoms with Gasteiger partial charge in [0.05, 0.1) is 33.6 Å². The van der Waals surface area contributed by atoms with Crippen molar-refractivity contribution in [1.82, 2.24) is 20.6 Å². The predicted octanol–water partition coefficient (Wildman–Crippen LogP) is 2.83. The zero-order chi connectivity index (χ0) is 22.9. The van der Waals surface area contributed by atoms with Gasteiger partial charge in [-0.15, -0.1) is 0 Å². The number of nitrogens with one attached hydrogen (secondary N) is 2. The van der Waals surface area contributed by atoms with E-state index in [1.165, 1.54) is 6.20 Å². The van der Waals surface area contributed by atoms with Gasteiger partial charge in [-0.05, 0) is 51.2 Å². The Bertz CT molecular complexity index is 1020. The Morgan fingerprint density at radius 1 is 1.12 bits per heavy atom. The quantitative estimate of drug-likeness (QED) is 0.588. The largest absolute Gasteiger partial charge is 0.484 e. The monoisotopic (exact) mass is 478 g/mol. The highest BCUT2D eigenvalue weighted by atomic mass is 35.5. The van der Waals surface area contributed by atoms with Crippen LogP contribution < -0.4 is 15.4 Å². The summed E-state index contributed by atoms with van der Waals surface area (Å²) in [6.45, 7) is 1.59. The van der Waals surface area contributed by atoms with E-state index in [4.69, 9.17) is 27.9 Å². The van der Waals surface area contributed by atoms with Gasteiger partial charge in [-0.3, -0.25) is 14.6 Å². The first kappa shape index (κ1) is 22.8. The van der Waals surface area contributed by atoms with Gasteiger partial charge in [0.25, 0.3) is 11.8 Å². The maximum absolute atomic E-state index is 12.6. The lowest BCUT2D eigenvalue weighted by molar-refractivity contribution is -0.132. The molecule has 0 aliphatic heterocycles. The first-order chi connectivity index (χ1) is 15.2. The molecule has 1 atom stereocenters. The van der Waals surface area contributed by atoms with Crippen molar-refractivity contribution in [3.05, 3.63) is 52.0 Å². The first-order valence-electron chi connectivity index (χ1n) is 10.4. The minimum atomic E-state index is -0.789. The standard InChI is InChI=1S/C22H24Cl2N4O4/c1-13-10-26-17(11-25-13)20(31)28-21-4-6-22(7-5-21,18(29)9-21)27-19(30)12-32-14-2-3-15(23)16(24)8-14/h2-3,8,10-11,18,29H,4-7,9,12H2,1H3,(H,27,30)(H,28,31)/t18-,21?,22?/m0/s1. The Morgan fingerprint density at radius 2 is 1.88 bits per heavy atom. The van der Waals surface area contributed by atoms with E-state index in [2.05, 4.69) is 20.6 Å². The molecule has 8 nitrogen and oxygen atoms in total. The lowest BCUT2D eigenvalue weighted by Crippen LogP contribution is -2.70. The van der Waals surface area contributed by atoms with Gasteiger partial charge < -0.3 is 20.5 Å². The van der Waals surface area contributed by atoms with Crippen LogP contribution in [0.2, 0.25) is 10.0 Å². The second-order valence-corrected chi connectivity index (χ2v) is 9.38. The Labute approximate surface area is 195 Å². The van der Waals surface area contributed by atoms with Crippen molar-refractivity contribution >= 4 is 35.0 Å². The fraction of sp³-hybridized carbons (Fsp3) is 0.455. The normalized spacial score (nSPS) is 26.4. The van der Waals surface area contributed by atoms with Crippen LogP contribution in [0.1, 0.15) is 48.3 Å². The number of aliphatic hydroxyl groups is 1. The van der Waals surface area contributed by atoms with E-state index in [1.807, 2.05) is 0 Å². The van der Waals surface area contributed by atoms with Gasteiger partial charge in [0.1, 0.15) is 11.4 Å². The molecule has 170 valence electrons. The Hall–Kier alpha value is -2.42. The molecule has 3 fully saturated rings. The summed E-state index contributed by atoms with van der Waals surface area (Å²) in [7, 11) is 0. The lowest BCUT2D eigenvalue weighted by Gasteiger charge is -2.56. The molecule has 10 heteroatoms. The van der Waals surface area contributed by atoms with Gasteiger partial charge >= 0.3 is 0 Å². The SMILES string of the molecule is Cc1cnc(C(=O)NC23CCC(NC(=O)COc4ccc(Cl)c(Cl)c4)(CC2)[C@@H](O)C3)cn1. The van der Waals surface area contributed by atoms with Crippen molar-refractivity contribution in [2.45, 2.75) is 56.2 Å². The summed E-state index contributed by atoms with van der Waals surface area (Å²) in [5.41, 5.74) is -0.274. The summed E-state index contributed by atoms with van der Waals surface area (Å²) < 4.78 is 5.51. The summed E-state index contributed by atoms with van der Waals surface area (Å²) in [6.07, 6.45) is 4.94. The molecule has 3 N–H and O–H groups in total. The number of aromatic nitrogens is 2. The van der Waals surface area contributed by atoms with E-state index in [0.29, 0.717) is 47.9 Å². The third kappa shape index (κ3) is 4.67. The first-order valence-corrected chi connectivity index (χ1v) is 11.1. The number of ether oxygens (including phenoxy) is 1. The summed E-state index contributed by atoms with van der Waals surface area (Å²) >= 11 is 11.9. The molecule has 2 amide bonds. The van der Waals surface area contributed by atoms with Crippen molar-refractivity contribution in [2.75, 3.05) is 6.61 Å². The van der Waals surface area contributed by atoms with Crippen molar-refractivity contribution in [3.8, 4) is 5.75 Å². The number of aryl methyl sites for hydroxylation is 1. The Balaban J connectivity index is 1.34. The van der Waals surface area contributed by atoms with Crippen molar-refractivity contribution in [2.24, 2.45) is 0 Å². The van der Waals surface area contributed by atoms with Crippen LogP contribution in [0.5, 0.6) is 5.75 Å². The number of carbonyl (C=O) groups is 2. The smallest absolute Gasteiger partial charge is 0.271 e. The fourth-order valence-corrected chi connectivity index (χ4v) is 4.79. The van der Waals surface area contributed by atoms with E-state index < -0.39 is 17.2 Å². The number of hydrogen-bond donors (Lipinski definition) is 3. The zero-order valence-corrected chi connectivity index (χ0v) is 19.0. The van der Waals surface area contributed by atoms with Crippen LogP contribution in [-0.4, -0.2) is 50.7 Å². The lowest BCUT2D eigenvalue weighted by atomic mass is 9.60. The molecule has 0 saturated heterocycles. The molecule has 2 bridgehead atoms. The van der Waals surface area contributed by atoms with Crippen LogP contribution in [0.25, 0.3) is 0 Å². The molecule has 0 unspecified atom stereocenters. The summed E-state index contributed by atoms with van der Waals surface area (Å²) in [5.74, 6) is -0.206. The molecule has 5 rings (SSSR count). The Morgan fingerprint density at radius 3 is 2.50 bits per heavy atom. The van der Waals surface area contributed by atoms with E-state index in [-0.39, 0.29) is 24.1 Å². The van der Waals surface area contributed by atoms with Gasteiger partial charge in [-0.1, -0.05) is 23.2 Å². The molecule has 32 heavy (non-hydrogen) atoms. The van der Waals surface area contributed by atoms with Gasteiger partial charge in [-0.2, -0.15) is 0 Å². The second kappa shape index (κ2) is 8.84. The summed E-state index contributed by atoms with van der Waals surface area (Å²) in [5, 5.41) is 17.6. The fourth-order valence-electron chi connectivity index (χ4n) is 4.51. The molecule has 3 aliphatic carbocycles. The zero-order valence-electron chi connectivity index (χ0n) is 17.5. The minimum absolute atomic E-state index is 0.208. The number of hydrogen-bond acceptors (Lipinski definition) is 6. The third-order valence-corrected chi connectivity index (χ3v) is 7.10. The molecular formula is C22H24Cl2N4O4. The van der Waals surface area contributed by atoms with Gasteiger partial charge in [-0.25, -0.2) is 4.98 Å². The van der Waals surface area contributed by atoms with Crippen LogP contribution in [-0.2, 0) is 4.79 Å². The number of benzene rings is 1. The molecular weight excluding hydrogens is 455 g/mol. The van der Waals surface area contributed by atoms with E-state index in [0.717, 1.165) is 5.69 Å². The van der Waals surface area contributed by atoms with Crippen molar-refractivity contribution < 1.29 is 19.4 Å². The third-order valence-electron chi connectivity index (χ3n) is 6.36. The van der Waals surface area contributed by atoms with Crippen LogP contribution in [0.3, 0.4) is 0 Å². The van der Waals surface area contributed by atoms with Crippen LogP contribution in [0.4, 0.5) is 0 Å². The van der Waals surface area contributed by atoms with Gasteiger partial charge in [0.15, 0.2) is 6.61 Å². The molecule has 0 spiro atoms. The Kier molecular flexibility index (Phi) is 6.29. The summed E-state index contributed by atoms with van der Waals surface area (Å²) in [6, 6.07) is 4.77.